The summed E-state index contributed by atoms with van der Waals surface area (Å²) in [5.74, 6) is -13.7. The first-order valence-corrected chi connectivity index (χ1v) is 30.6. The number of carbonyl (C=O) groups is 12. The van der Waals surface area contributed by atoms with Gasteiger partial charge in [-0.2, -0.15) is 25.3 Å². The van der Waals surface area contributed by atoms with Gasteiger partial charge in [-0.05, 0) is 121 Å². The zero-order valence-corrected chi connectivity index (χ0v) is 53.0. The number of rotatable bonds is 46. The van der Waals surface area contributed by atoms with Crippen molar-refractivity contribution in [2.24, 2.45) is 67.3 Å². The fourth-order valence-corrected chi connectivity index (χ4v) is 9.00. The van der Waals surface area contributed by atoms with E-state index < -0.39 is 150 Å². The molecule has 1 aromatic carbocycles. The molecule has 37 nitrogen and oxygen atoms in total. The number of nitrogens with two attached hydrogens (primary N) is 10. The van der Waals surface area contributed by atoms with E-state index in [9.17, 15) is 72.9 Å². The average molecular weight is 1340 g/mol. The van der Waals surface area contributed by atoms with Gasteiger partial charge >= 0.3 is 5.97 Å². The number of carboxylic acid groups (broad SMARTS) is 1. The smallest absolute Gasteiger partial charge is 0.326 e. The number of aliphatic hydroxyl groups is 1. The number of aliphatic hydroxyl groups excluding tert-OH is 1. The molecule has 92 heavy (non-hydrogen) atoms. The lowest BCUT2D eigenvalue weighted by atomic mass is 10.0. The number of aliphatic carboxylic acids is 1. The number of hydrogen-bond acceptors (Lipinski definition) is 23. The number of aromatic hydroxyl groups is 1. The van der Waals surface area contributed by atoms with E-state index in [1.165, 1.54) is 24.3 Å². The molecule has 0 saturated carbocycles. The Labute approximate surface area is 542 Å². The summed E-state index contributed by atoms with van der Waals surface area (Å²) in [7, 11) is 0. The SMILES string of the molecule is C[C@@H](O)[C@H](NC(=O)[C@H](CCN)NC(=O)[C@H](CCCN=C(N)N)NC(=O)[C@H](CC(N)=O)NC(=O)[C@H](CS)NC(=O)[C@@H](N)Cc1ccc(O)cc1)C(=O)N[C@H](CCN)C(=O)N[C@@H](CCCCN)C(=O)N[C@@H](CS)C(=O)N[C@@H](CCN)C(=O)N[C@@H](CCCN=C(N)N)C(=O)O. The summed E-state index contributed by atoms with van der Waals surface area (Å²) in [6.07, 6.45) is -2.88. The molecule has 0 fully saturated rings. The van der Waals surface area contributed by atoms with E-state index in [0.717, 1.165) is 6.92 Å². The predicted octanol–water partition coefficient (Wildman–Crippen LogP) is -10.4. The molecule has 1 rings (SSSR count). The minimum Gasteiger partial charge on any atom is -0.508 e. The number of phenolic OH excluding ortho intramolecular Hbond substituents is 1. The summed E-state index contributed by atoms with van der Waals surface area (Å²) >= 11 is 8.35. The summed E-state index contributed by atoms with van der Waals surface area (Å²) in [6.45, 7) is 0.649. The first-order chi connectivity index (χ1) is 43.5. The molecule has 518 valence electrons. The second-order valence-corrected chi connectivity index (χ2v) is 21.8. The fourth-order valence-electron chi connectivity index (χ4n) is 8.48. The van der Waals surface area contributed by atoms with Crippen LogP contribution in [0, 0.1) is 0 Å². The Hall–Kier alpha value is -8.34. The lowest BCUT2D eigenvalue weighted by molar-refractivity contribution is -0.142. The molecular formula is C53H94N22O15S2. The standard InChI is InChI=1S/C53H94N22O15S2/c1-26(76)40(50(88)70-33(14-18-56)44(82)66-30(6-2-3-16-54)43(81)74-38(25-92)48(86)69-32(13-17-55)45(83)71-35(51(89)90)8-5-21-65-53(62)63)75-46(84)34(15-19-57)68-42(80)31(7-4-20-64-52(60)61)67-47(85)36(23-39(59)78)72-49(87)37(24-91)73-41(79)29(58)22-27-9-11-28(77)12-10-27/h9-12,26,29-38,40,76-77,91-92H,2-8,13-25,54-58H2,1H3,(H2,59,78)(H,66,82)(H,67,85)(H,68,80)(H,69,86)(H,70,88)(H,71,83)(H,72,87)(H,73,79)(H,74,81)(H,75,84)(H,89,90)(H4,60,61,64)(H4,62,63,65)/t26-,29+,30+,31+,32+,33-,34+,35+,36+,37+,38+,40+/m1/s1. The highest BCUT2D eigenvalue weighted by Crippen LogP contribution is 2.13. The van der Waals surface area contributed by atoms with Crippen LogP contribution in [0.1, 0.15) is 83.1 Å². The maximum atomic E-state index is 14.1. The Morgan fingerprint density at radius 2 is 0.783 bits per heavy atom. The Morgan fingerprint density at radius 1 is 0.446 bits per heavy atom. The van der Waals surface area contributed by atoms with Crippen LogP contribution in [-0.2, 0) is 64.0 Å². The number of benzene rings is 1. The van der Waals surface area contributed by atoms with Crippen LogP contribution < -0.4 is 111 Å². The molecule has 11 amide bonds. The monoisotopic (exact) mass is 1340 g/mol. The van der Waals surface area contributed by atoms with E-state index in [1.807, 2.05) is 0 Å². The van der Waals surface area contributed by atoms with Crippen molar-refractivity contribution in [2.75, 3.05) is 50.8 Å². The number of thiol groups is 2. The van der Waals surface area contributed by atoms with Gasteiger partial charge in [0.25, 0.3) is 0 Å². The van der Waals surface area contributed by atoms with Gasteiger partial charge in [0.2, 0.25) is 65.0 Å². The second kappa shape index (κ2) is 44.2. The summed E-state index contributed by atoms with van der Waals surface area (Å²) in [6, 6.07) is -10.8. The molecule has 0 aliphatic heterocycles. The molecule has 39 heteroatoms. The minimum absolute atomic E-state index is 0.00138. The summed E-state index contributed by atoms with van der Waals surface area (Å²) in [5.41, 5.74) is 56.8. The van der Waals surface area contributed by atoms with Gasteiger partial charge in [-0.3, -0.25) is 62.7 Å². The number of unbranched alkanes of at least 4 members (excludes halogenated alkanes) is 1. The molecule has 0 spiro atoms. The first kappa shape index (κ1) is 81.7. The van der Waals surface area contributed by atoms with Crippen LogP contribution in [0.2, 0.25) is 0 Å². The number of amides is 11. The van der Waals surface area contributed by atoms with Gasteiger partial charge in [0.05, 0.1) is 18.6 Å². The molecule has 0 aliphatic rings. The van der Waals surface area contributed by atoms with Crippen molar-refractivity contribution in [3.63, 3.8) is 0 Å². The van der Waals surface area contributed by atoms with Gasteiger partial charge in [-0.15, -0.1) is 0 Å². The van der Waals surface area contributed by atoms with Gasteiger partial charge < -0.3 is 126 Å². The Morgan fingerprint density at radius 3 is 1.16 bits per heavy atom. The van der Waals surface area contributed by atoms with Crippen molar-refractivity contribution in [2.45, 2.75) is 157 Å². The Kier molecular flexibility index (Phi) is 39.2. The number of primary amides is 1. The predicted molar refractivity (Wildman–Crippen MR) is 344 cm³/mol. The van der Waals surface area contributed by atoms with Gasteiger partial charge in [-0.25, -0.2) is 4.79 Å². The molecule has 12 atom stereocenters. The van der Waals surface area contributed by atoms with Gasteiger partial charge in [0.15, 0.2) is 11.9 Å². The number of nitrogens with zero attached hydrogens (tertiary/aromatic N) is 2. The molecule has 0 aromatic heterocycles. The third-order valence-electron chi connectivity index (χ3n) is 13.4. The quantitative estimate of drug-likeness (QED) is 0.0125. The average Bonchev–Trinajstić information content (AvgIpc) is 1.08. The van der Waals surface area contributed by atoms with Crippen LogP contribution in [0.4, 0.5) is 0 Å². The highest BCUT2D eigenvalue weighted by Gasteiger charge is 2.37. The van der Waals surface area contributed by atoms with Gasteiger partial charge in [-0.1, -0.05) is 12.1 Å². The van der Waals surface area contributed by atoms with Crippen LogP contribution in [0.25, 0.3) is 0 Å². The molecular weight excluding hydrogens is 1250 g/mol. The lowest BCUT2D eigenvalue weighted by Crippen LogP contribution is -2.62. The van der Waals surface area contributed by atoms with Crippen molar-refractivity contribution in [1.82, 2.24) is 53.2 Å². The number of hydrogen-bond donors (Lipinski definition) is 25. The number of aliphatic imine (C=N–C) groups is 2. The zero-order chi connectivity index (χ0) is 69.6. The number of guanidine groups is 2. The first-order valence-electron chi connectivity index (χ1n) is 29.4. The summed E-state index contributed by atoms with van der Waals surface area (Å²) in [4.78, 5) is 169. The van der Waals surface area contributed by atoms with Crippen molar-refractivity contribution in [1.29, 1.82) is 0 Å². The van der Waals surface area contributed by atoms with E-state index in [0.29, 0.717) is 12.0 Å². The van der Waals surface area contributed by atoms with Crippen LogP contribution in [0.15, 0.2) is 34.3 Å². The second-order valence-electron chi connectivity index (χ2n) is 21.0. The molecule has 33 N–H and O–H groups in total. The Balaban J connectivity index is 3.40. The van der Waals surface area contributed by atoms with Crippen LogP contribution >= 0.6 is 25.3 Å². The van der Waals surface area contributed by atoms with E-state index in [2.05, 4.69) is 88.4 Å². The van der Waals surface area contributed by atoms with Crippen molar-refractivity contribution >= 4 is 108 Å². The highest BCUT2D eigenvalue weighted by atomic mass is 32.1. The van der Waals surface area contributed by atoms with E-state index in [4.69, 9.17) is 57.3 Å². The molecule has 0 bridgehead atoms. The Bertz CT molecular complexity index is 2660. The van der Waals surface area contributed by atoms with Crippen LogP contribution in [0.5, 0.6) is 5.75 Å². The van der Waals surface area contributed by atoms with Crippen molar-refractivity contribution < 1.29 is 72.9 Å². The van der Waals surface area contributed by atoms with E-state index in [1.54, 1.807) is 0 Å². The lowest BCUT2D eigenvalue weighted by Gasteiger charge is -2.29. The molecule has 1 aromatic rings. The van der Waals surface area contributed by atoms with E-state index >= 15 is 0 Å². The molecule has 0 aliphatic carbocycles. The van der Waals surface area contributed by atoms with Crippen LogP contribution in [0.3, 0.4) is 0 Å². The van der Waals surface area contributed by atoms with Gasteiger partial charge in [0, 0.05) is 24.6 Å². The summed E-state index contributed by atoms with van der Waals surface area (Å²) in [5, 5.41) is 54.3. The molecule has 0 radical (unpaired) electrons. The van der Waals surface area contributed by atoms with Crippen molar-refractivity contribution in [3.05, 3.63) is 29.8 Å². The molecule has 0 heterocycles. The van der Waals surface area contributed by atoms with Crippen LogP contribution in [-0.4, -0.2) is 222 Å². The van der Waals surface area contributed by atoms with E-state index in [-0.39, 0.29) is 133 Å². The zero-order valence-electron chi connectivity index (χ0n) is 51.2. The number of carbonyl (C=O) groups excluding carboxylic acids is 11. The third kappa shape index (κ3) is 31.6. The largest absolute Gasteiger partial charge is 0.508 e. The normalized spacial score (nSPS) is 14.9. The summed E-state index contributed by atoms with van der Waals surface area (Å²) < 4.78 is 0. The maximum Gasteiger partial charge on any atom is 0.326 e. The maximum absolute atomic E-state index is 14.1. The highest BCUT2D eigenvalue weighted by molar-refractivity contribution is 7.80. The third-order valence-corrected chi connectivity index (χ3v) is 14.2. The fraction of sp³-hybridized carbons (Fsp3) is 0.623. The number of phenols is 1. The number of carboxylic acids is 1. The van der Waals surface area contributed by atoms with Gasteiger partial charge in [0.1, 0.15) is 66.2 Å². The minimum atomic E-state index is -1.86. The topological polar surface area (TPSA) is 671 Å². The molecule has 0 unspecified atom stereocenters. The van der Waals surface area contributed by atoms with Crippen molar-refractivity contribution in [3.8, 4) is 5.75 Å². The molecule has 0 saturated heterocycles. The number of nitrogens with one attached hydrogen (secondary N) is 10.